The van der Waals surface area contributed by atoms with Crippen molar-refractivity contribution in [2.75, 3.05) is 0 Å². The van der Waals surface area contributed by atoms with E-state index in [1.165, 1.54) is 25.7 Å². The Balaban J connectivity index is 1.41. The zero-order valence-electron chi connectivity index (χ0n) is 12.5. The monoisotopic (exact) mass is 291 g/mol. The summed E-state index contributed by atoms with van der Waals surface area (Å²) in [7, 11) is 0. The largest absolute Gasteiger partial charge is 0.481 e. The molecule has 4 saturated carbocycles. The van der Waals surface area contributed by atoms with Crippen molar-refractivity contribution in [3.05, 3.63) is 0 Å². The summed E-state index contributed by atoms with van der Waals surface area (Å²) in [6.45, 7) is 0. The molecule has 4 nitrogen and oxygen atoms in total. The van der Waals surface area contributed by atoms with Crippen molar-refractivity contribution in [2.45, 2.75) is 57.4 Å². The van der Waals surface area contributed by atoms with Crippen LogP contribution in [0.25, 0.3) is 0 Å². The van der Waals surface area contributed by atoms with Crippen LogP contribution in [-0.2, 0) is 9.59 Å². The Hall–Kier alpha value is -1.06. The molecule has 0 aromatic heterocycles. The van der Waals surface area contributed by atoms with Gasteiger partial charge in [0.15, 0.2) is 0 Å². The summed E-state index contributed by atoms with van der Waals surface area (Å²) in [6.07, 6.45) is 8.83. The minimum atomic E-state index is -0.795. The summed E-state index contributed by atoms with van der Waals surface area (Å²) in [4.78, 5) is 23.8. The second-order valence-corrected chi connectivity index (χ2v) is 7.75. The minimum Gasteiger partial charge on any atom is -0.481 e. The second-order valence-electron chi connectivity index (χ2n) is 7.75. The summed E-state index contributed by atoms with van der Waals surface area (Å²) >= 11 is 0. The number of hydrogen-bond acceptors (Lipinski definition) is 2. The highest BCUT2D eigenvalue weighted by Crippen LogP contribution is 2.58. The van der Waals surface area contributed by atoms with Crippen LogP contribution in [0.2, 0.25) is 0 Å². The highest BCUT2D eigenvalue weighted by Gasteiger charge is 2.54. The lowest BCUT2D eigenvalue weighted by molar-refractivity contribution is -0.146. The topological polar surface area (TPSA) is 66.4 Å². The van der Waals surface area contributed by atoms with Crippen LogP contribution < -0.4 is 5.32 Å². The van der Waals surface area contributed by atoms with Crippen molar-refractivity contribution in [1.29, 1.82) is 0 Å². The number of fused-ring (bicyclic) bond motifs is 5. The predicted molar refractivity (Wildman–Crippen MR) is 77.4 cm³/mol. The first-order valence-corrected chi connectivity index (χ1v) is 8.68. The summed E-state index contributed by atoms with van der Waals surface area (Å²) in [6, 6.07) is 0.330. The van der Waals surface area contributed by atoms with Gasteiger partial charge in [-0.25, -0.2) is 0 Å². The van der Waals surface area contributed by atoms with Gasteiger partial charge in [0, 0.05) is 6.04 Å². The van der Waals surface area contributed by atoms with E-state index in [0.717, 1.165) is 37.0 Å². The molecule has 0 aromatic carbocycles. The van der Waals surface area contributed by atoms with Gasteiger partial charge < -0.3 is 10.4 Å². The van der Waals surface area contributed by atoms with Gasteiger partial charge in [0.2, 0.25) is 5.91 Å². The van der Waals surface area contributed by atoms with Gasteiger partial charge >= 0.3 is 5.97 Å². The molecule has 0 radical (unpaired) electrons. The first kappa shape index (κ1) is 13.6. The minimum absolute atomic E-state index is 0.0204. The van der Waals surface area contributed by atoms with Gasteiger partial charge in [-0.1, -0.05) is 12.8 Å². The lowest BCUT2D eigenvalue weighted by atomic mass is 9.79. The molecule has 4 aliphatic carbocycles. The van der Waals surface area contributed by atoms with Crippen LogP contribution in [0, 0.1) is 35.5 Å². The number of carbonyl (C=O) groups is 2. The molecule has 1 amide bonds. The van der Waals surface area contributed by atoms with Crippen LogP contribution in [0.5, 0.6) is 0 Å². The molecule has 5 unspecified atom stereocenters. The molecule has 7 atom stereocenters. The van der Waals surface area contributed by atoms with Crippen LogP contribution in [0.4, 0.5) is 0 Å². The first-order valence-electron chi connectivity index (χ1n) is 8.68. The fourth-order valence-electron chi connectivity index (χ4n) is 6.09. The third-order valence-electron chi connectivity index (χ3n) is 6.93. The quantitative estimate of drug-likeness (QED) is 0.839. The fraction of sp³-hybridized carbons (Fsp3) is 0.882. The maximum Gasteiger partial charge on any atom is 0.307 e. The number of carboxylic acids is 1. The van der Waals surface area contributed by atoms with Gasteiger partial charge in [-0.2, -0.15) is 0 Å². The van der Waals surface area contributed by atoms with E-state index in [1.54, 1.807) is 0 Å². The van der Waals surface area contributed by atoms with Gasteiger partial charge in [0.25, 0.3) is 0 Å². The number of nitrogens with one attached hydrogen (secondary N) is 1. The average molecular weight is 291 g/mol. The average Bonchev–Trinajstić information content (AvgIpc) is 3.19. The molecule has 21 heavy (non-hydrogen) atoms. The molecule has 0 spiro atoms. The highest BCUT2D eigenvalue weighted by molar-refractivity contribution is 5.85. The predicted octanol–water partition coefficient (Wildman–Crippen LogP) is 2.43. The maximum absolute atomic E-state index is 12.5. The number of aliphatic carboxylic acids is 1. The van der Waals surface area contributed by atoms with E-state index in [0.29, 0.717) is 18.4 Å². The smallest absolute Gasteiger partial charge is 0.307 e. The zero-order chi connectivity index (χ0) is 14.6. The Morgan fingerprint density at radius 3 is 2.38 bits per heavy atom. The zero-order valence-corrected chi connectivity index (χ0v) is 12.5. The fourth-order valence-corrected chi connectivity index (χ4v) is 6.09. The molecule has 116 valence electrons. The Bertz CT molecular complexity index is 463. The van der Waals surface area contributed by atoms with Crippen LogP contribution in [-0.4, -0.2) is 23.0 Å². The van der Waals surface area contributed by atoms with Crippen molar-refractivity contribution >= 4 is 11.9 Å². The highest BCUT2D eigenvalue weighted by atomic mass is 16.4. The van der Waals surface area contributed by atoms with E-state index >= 15 is 0 Å². The van der Waals surface area contributed by atoms with Crippen molar-refractivity contribution in [3.63, 3.8) is 0 Å². The Labute approximate surface area is 125 Å². The molecule has 4 rings (SSSR count). The van der Waals surface area contributed by atoms with E-state index in [4.69, 9.17) is 0 Å². The summed E-state index contributed by atoms with van der Waals surface area (Å²) in [5.74, 6) is 1.75. The molecule has 4 heteroatoms. The molecule has 0 heterocycles. The van der Waals surface area contributed by atoms with E-state index in [9.17, 15) is 14.7 Å². The standard InChI is InChI=1S/C17H25NO3/c19-16(12-5-2-6-13(12)17(20)21)18-15-8-9-7-14(15)11-4-1-3-10(9)11/h9-15H,1-8H2,(H,18,19)(H,20,21)/t9?,10?,11?,12-,13+,14?,15?/m1/s1. The van der Waals surface area contributed by atoms with Crippen molar-refractivity contribution in [3.8, 4) is 0 Å². The Morgan fingerprint density at radius 1 is 0.857 bits per heavy atom. The number of rotatable bonds is 3. The normalized spacial score (nSPS) is 47.5. The summed E-state index contributed by atoms with van der Waals surface area (Å²) < 4.78 is 0. The van der Waals surface area contributed by atoms with Gasteiger partial charge in [-0.3, -0.25) is 9.59 Å². The van der Waals surface area contributed by atoms with Crippen LogP contribution >= 0.6 is 0 Å². The van der Waals surface area contributed by atoms with Gasteiger partial charge in [-0.15, -0.1) is 0 Å². The van der Waals surface area contributed by atoms with Crippen molar-refractivity contribution in [1.82, 2.24) is 5.32 Å². The molecule has 0 saturated heterocycles. The molecule has 4 fully saturated rings. The van der Waals surface area contributed by atoms with Gasteiger partial charge in [0.1, 0.15) is 0 Å². The number of hydrogen-bond donors (Lipinski definition) is 2. The SMILES string of the molecule is O=C(O)[C@H]1CCC[C@H]1C(=O)NC1CC2CC1C1CCCC21. The molecule has 2 N–H and O–H groups in total. The number of carboxylic acid groups (broad SMARTS) is 1. The molecule has 4 aliphatic rings. The van der Waals surface area contributed by atoms with Gasteiger partial charge in [-0.05, 0) is 62.2 Å². The lowest BCUT2D eigenvalue weighted by Gasteiger charge is -2.33. The van der Waals surface area contributed by atoms with Crippen LogP contribution in [0.3, 0.4) is 0 Å². The van der Waals surface area contributed by atoms with E-state index < -0.39 is 11.9 Å². The maximum atomic E-state index is 12.5. The van der Waals surface area contributed by atoms with Crippen LogP contribution in [0.1, 0.15) is 51.4 Å². The summed E-state index contributed by atoms with van der Waals surface area (Å²) in [5, 5.41) is 12.5. The van der Waals surface area contributed by atoms with Crippen LogP contribution in [0.15, 0.2) is 0 Å². The van der Waals surface area contributed by atoms with Crippen molar-refractivity contribution < 1.29 is 14.7 Å². The summed E-state index contributed by atoms with van der Waals surface area (Å²) in [5.41, 5.74) is 0. The Morgan fingerprint density at radius 2 is 1.57 bits per heavy atom. The Kier molecular flexibility index (Phi) is 3.23. The van der Waals surface area contributed by atoms with E-state index in [2.05, 4.69) is 5.32 Å². The number of amides is 1. The van der Waals surface area contributed by atoms with Crippen molar-refractivity contribution in [2.24, 2.45) is 35.5 Å². The third-order valence-corrected chi connectivity index (χ3v) is 6.93. The lowest BCUT2D eigenvalue weighted by Crippen LogP contribution is -2.46. The van der Waals surface area contributed by atoms with E-state index in [1.807, 2.05) is 0 Å². The van der Waals surface area contributed by atoms with Gasteiger partial charge in [0.05, 0.1) is 11.8 Å². The number of carbonyl (C=O) groups excluding carboxylic acids is 1. The first-order chi connectivity index (χ1) is 10.1. The van der Waals surface area contributed by atoms with E-state index in [-0.39, 0.29) is 11.8 Å². The third kappa shape index (κ3) is 2.09. The second kappa shape index (κ2) is 4.99. The molecule has 0 aliphatic heterocycles. The molecular weight excluding hydrogens is 266 g/mol. The molecule has 0 aromatic rings. The molecule has 2 bridgehead atoms. The molecular formula is C17H25NO3.